The van der Waals surface area contributed by atoms with Crippen molar-refractivity contribution in [3.63, 3.8) is 0 Å². The Morgan fingerprint density at radius 3 is 2.79 bits per heavy atom. The molecule has 28 heavy (non-hydrogen) atoms. The second kappa shape index (κ2) is 8.88. The summed E-state index contributed by atoms with van der Waals surface area (Å²) >= 11 is 0. The molecule has 1 saturated heterocycles. The Bertz CT molecular complexity index is 793. The van der Waals surface area contributed by atoms with Crippen molar-refractivity contribution in [2.75, 3.05) is 39.4 Å². The van der Waals surface area contributed by atoms with Gasteiger partial charge in [0.25, 0.3) is 5.91 Å². The van der Waals surface area contributed by atoms with E-state index in [9.17, 15) is 4.79 Å². The minimum absolute atomic E-state index is 0.0704. The predicted octanol–water partition coefficient (Wildman–Crippen LogP) is 2.24. The minimum atomic E-state index is -0.0704. The van der Waals surface area contributed by atoms with Crippen molar-refractivity contribution in [2.45, 2.75) is 38.6 Å². The number of carbonyl (C=O) groups excluding carboxylic acids is 1. The molecule has 2 aromatic rings. The number of nitrogens with one attached hydrogen (secondary N) is 1. The van der Waals surface area contributed by atoms with Crippen LogP contribution in [0.2, 0.25) is 0 Å². The van der Waals surface area contributed by atoms with E-state index < -0.39 is 0 Å². The molecule has 6 heteroatoms. The molecule has 1 unspecified atom stereocenters. The lowest BCUT2D eigenvalue weighted by atomic mass is 9.91. The molecular weight excluding hydrogens is 352 g/mol. The molecule has 6 nitrogen and oxygen atoms in total. The van der Waals surface area contributed by atoms with Crippen molar-refractivity contribution in [1.82, 2.24) is 19.8 Å². The molecule has 0 saturated carbocycles. The number of hydrogen-bond acceptors (Lipinski definition) is 4. The summed E-state index contributed by atoms with van der Waals surface area (Å²) in [6, 6.07) is 8.97. The third-order valence-corrected chi connectivity index (χ3v) is 5.90. The monoisotopic (exact) mass is 382 g/mol. The van der Waals surface area contributed by atoms with Crippen LogP contribution < -0.4 is 5.32 Å². The lowest BCUT2D eigenvalue weighted by Gasteiger charge is -2.26. The number of aryl methyl sites for hydroxylation is 2. The number of benzene rings is 1. The fourth-order valence-electron chi connectivity index (χ4n) is 4.09. The molecule has 0 aliphatic carbocycles. The Hall–Kier alpha value is -2.18. The van der Waals surface area contributed by atoms with Crippen molar-refractivity contribution >= 4 is 5.91 Å². The number of morpholine rings is 1. The molecule has 0 radical (unpaired) electrons. The van der Waals surface area contributed by atoms with Gasteiger partial charge in [0.05, 0.1) is 13.2 Å². The zero-order valence-corrected chi connectivity index (χ0v) is 16.7. The van der Waals surface area contributed by atoms with E-state index in [4.69, 9.17) is 4.74 Å². The number of rotatable bonds is 6. The van der Waals surface area contributed by atoms with Crippen LogP contribution in [0, 0.1) is 0 Å². The zero-order valence-electron chi connectivity index (χ0n) is 16.7. The normalized spacial score (nSPS) is 20.0. The van der Waals surface area contributed by atoms with Crippen LogP contribution in [0.15, 0.2) is 30.5 Å². The highest BCUT2D eigenvalue weighted by atomic mass is 16.5. The van der Waals surface area contributed by atoms with Gasteiger partial charge in [-0.3, -0.25) is 9.69 Å². The van der Waals surface area contributed by atoms with Gasteiger partial charge in [-0.2, -0.15) is 0 Å². The molecule has 1 amide bonds. The molecule has 2 aliphatic rings. The molecule has 1 fully saturated rings. The maximum atomic E-state index is 12.5. The number of hydrogen-bond donors (Lipinski definition) is 1. The SMILES string of the molecule is CCc1ccc(C2CCc3nc(C(=O)NCCN4CCOCC4)cn3C2)cc1. The summed E-state index contributed by atoms with van der Waals surface area (Å²) in [5.74, 6) is 1.45. The van der Waals surface area contributed by atoms with Gasteiger partial charge in [-0.25, -0.2) is 4.98 Å². The number of nitrogens with zero attached hydrogens (tertiary/aromatic N) is 3. The highest BCUT2D eigenvalue weighted by Crippen LogP contribution is 2.29. The first-order chi connectivity index (χ1) is 13.7. The van der Waals surface area contributed by atoms with Gasteiger partial charge in [-0.05, 0) is 24.0 Å². The predicted molar refractivity (Wildman–Crippen MR) is 109 cm³/mol. The second-order valence-electron chi connectivity index (χ2n) is 7.74. The van der Waals surface area contributed by atoms with E-state index in [1.165, 1.54) is 11.1 Å². The Kier molecular flexibility index (Phi) is 6.07. The topological polar surface area (TPSA) is 59.4 Å². The number of aromatic nitrogens is 2. The number of imidazole rings is 1. The number of fused-ring (bicyclic) bond motifs is 1. The van der Waals surface area contributed by atoms with Gasteiger partial charge in [0.2, 0.25) is 0 Å². The lowest BCUT2D eigenvalue weighted by molar-refractivity contribution is 0.0383. The Balaban J connectivity index is 1.33. The van der Waals surface area contributed by atoms with Crippen LogP contribution in [0.1, 0.15) is 46.7 Å². The molecule has 0 spiro atoms. The van der Waals surface area contributed by atoms with Crippen molar-refractivity contribution in [1.29, 1.82) is 0 Å². The van der Waals surface area contributed by atoms with Gasteiger partial charge in [0.15, 0.2) is 0 Å². The summed E-state index contributed by atoms with van der Waals surface area (Å²) in [6.45, 7) is 8.03. The molecule has 0 bridgehead atoms. The fraction of sp³-hybridized carbons (Fsp3) is 0.545. The molecule has 4 rings (SSSR count). The average molecular weight is 383 g/mol. The summed E-state index contributed by atoms with van der Waals surface area (Å²) in [7, 11) is 0. The van der Waals surface area contributed by atoms with E-state index in [1.807, 2.05) is 6.20 Å². The largest absolute Gasteiger partial charge is 0.379 e. The number of amides is 1. The van der Waals surface area contributed by atoms with Gasteiger partial charge >= 0.3 is 0 Å². The Morgan fingerprint density at radius 1 is 1.25 bits per heavy atom. The van der Waals surface area contributed by atoms with E-state index in [2.05, 4.69) is 51.0 Å². The molecule has 1 aromatic carbocycles. The molecule has 2 aliphatic heterocycles. The summed E-state index contributed by atoms with van der Waals surface area (Å²) in [5, 5.41) is 3.01. The van der Waals surface area contributed by atoms with Gasteiger partial charge in [-0.15, -0.1) is 0 Å². The van der Waals surface area contributed by atoms with Crippen molar-refractivity contribution < 1.29 is 9.53 Å². The van der Waals surface area contributed by atoms with Crippen molar-refractivity contribution in [3.05, 3.63) is 53.1 Å². The first kappa shape index (κ1) is 19.2. The third kappa shape index (κ3) is 4.45. The molecule has 3 heterocycles. The van der Waals surface area contributed by atoms with E-state index in [0.717, 1.165) is 64.5 Å². The van der Waals surface area contributed by atoms with E-state index in [0.29, 0.717) is 18.2 Å². The molecule has 150 valence electrons. The van der Waals surface area contributed by atoms with Crippen LogP contribution >= 0.6 is 0 Å². The van der Waals surface area contributed by atoms with E-state index in [-0.39, 0.29) is 5.91 Å². The highest BCUT2D eigenvalue weighted by molar-refractivity contribution is 5.92. The van der Waals surface area contributed by atoms with Crippen molar-refractivity contribution in [2.24, 2.45) is 0 Å². The van der Waals surface area contributed by atoms with Crippen LogP contribution in [0.4, 0.5) is 0 Å². The third-order valence-electron chi connectivity index (χ3n) is 5.90. The summed E-state index contributed by atoms with van der Waals surface area (Å²) in [4.78, 5) is 19.4. The van der Waals surface area contributed by atoms with E-state index >= 15 is 0 Å². The van der Waals surface area contributed by atoms with Gasteiger partial charge in [0, 0.05) is 51.3 Å². The Morgan fingerprint density at radius 2 is 2.04 bits per heavy atom. The van der Waals surface area contributed by atoms with Gasteiger partial charge in [-0.1, -0.05) is 31.2 Å². The van der Waals surface area contributed by atoms with Crippen LogP contribution in [0.3, 0.4) is 0 Å². The molecule has 1 aromatic heterocycles. The first-order valence-electron chi connectivity index (χ1n) is 10.5. The second-order valence-corrected chi connectivity index (χ2v) is 7.74. The van der Waals surface area contributed by atoms with E-state index in [1.54, 1.807) is 0 Å². The van der Waals surface area contributed by atoms with Crippen LogP contribution in [0.25, 0.3) is 0 Å². The van der Waals surface area contributed by atoms with Gasteiger partial charge < -0.3 is 14.6 Å². The standard InChI is InChI=1S/C22H30N4O2/c1-2-17-3-5-18(6-4-17)19-7-8-21-24-20(16-26(21)15-19)22(27)23-9-10-25-11-13-28-14-12-25/h3-6,16,19H,2,7-15H2,1H3,(H,23,27). The molecule has 1 atom stereocenters. The zero-order chi connectivity index (χ0) is 19.3. The van der Waals surface area contributed by atoms with Crippen molar-refractivity contribution in [3.8, 4) is 0 Å². The van der Waals surface area contributed by atoms with Crippen LogP contribution in [-0.2, 0) is 24.1 Å². The smallest absolute Gasteiger partial charge is 0.271 e. The highest BCUT2D eigenvalue weighted by Gasteiger charge is 2.23. The summed E-state index contributed by atoms with van der Waals surface area (Å²) in [6.07, 6.45) is 4.99. The summed E-state index contributed by atoms with van der Waals surface area (Å²) in [5.41, 5.74) is 3.30. The van der Waals surface area contributed by atoms with Gasteiger partial charge in [0.1, 0.15) is 11.5 Å². The Labute approximate surface area is 166 Å². The van der Waals surface area contributed by atoms with Crippen LogP contribution in [-0.4, -0.2) is 59.8 Å². The summed E-state index contributed by atoms with van der Waals surface area (Å²) < 4.78 is 7.52. The fourth-order valence-corrected chi connectivity index (χ4v) is 4.09. The number of ether oxygens (including phenoxy) is 1. The average Bonchev–Trinajstić information content (AvgIpc) is 3.18. The number of carbonyl (C=O) groups is 1. The first-order valence-corrected chi connectivity index (χ1v) is 10.5. The molecule has 1 N–H and O–H groups in total. The minimum Gasteiger partial charge on any atom is -0.379 e. The lowest BCUT2D eigenvalue weighted by Crippen LogP contribution is -2.41. The quantitative estimate of drug-likeness (QED) is 0.832. The molecular formula is C22H30N4O2. The maximum Gasteiger partial charge on any atom is 0.271 e. The van der Waals surface area contributed by atoms with Crippen LogP contribution in [0.5, 0.6) is 0 Å². The maximum absolute atomic E-state index is 12.5.